The van der Waals surface area contributed by atoms with Gasteiger partial charge in [0.2, 0.25) is 5.91 Å². The van der Waals surface area contributed by atoms with E-state index < -0.39 is 21.7 Å². The molecular formula is C20H26N2O6S2. The Balaban J connectivity index is 1.83. The van der Waals surface area contributed by atoms with Gasteiger partial charge in [0, 0.05) is 29.8 Å². The molecule has 8 nitrogen and oxygen atoms in total. The van der Waals surface area contributed by atoms with Crippen LogP contribution in [0.3, 0.4) is 0 Å². The molecule has 2 atom stereocenters. The molecule has 164 valence electrons. The minimum atomic E-state index is -3.15. The van der Waals surface area contributed by atoms with Crippen LogP contribution in [0.1, 0.15) is 39.0 Å². The first-order valence-corrected chi connectivity index (χ1v) is 12.7. The first kappa shape index (κ1) is 22.6. The summed E-state index contributed by atoms with van der Waals surface area (Å²) in [5, 5.41) is 9.01. The summed E-state index contributed by atoms with van der Waals surface area (Å²) in [5.41, 5.74) is 0.734. The molecular weight excluding hydrogens is 428 g/mol. The van der Waals surface area contributed by atoms with Gasteiger partial charge < -0.3 is 14.7 Å². The van der Waals surface area contributed by atoms with Gasteiger partial charge in [-0.1, -0.05) is 31.2 Å². The van der Waals surface area contributed by atoms with Crippen LogP contribution >= 0.6 is 11.8 Å². The van der Waals surface area contributed by atoms with Crippen molar-refractivity contribution < 1.29 is 27.9 Å². The smallest absolute Gasteiger partial charge is 0.303 e. The average molecular weight is 455 g/mol. The molecule has 0 radical (unpaired) electrons. The second-order valence-electron chi connectivity index (χ2n) is 7.41. The molecule has 2 heterocycles. The zero-order valence-electron chi connectivity index (χ0n) is 16.8. The number of rotatable bonds is 9. The number of benzene rings is 1. The van der Waals surface area contributed by atoms with Crippen molar-refractivity contribution in [2.75, 3.05) is 23.0 Å². The number of amides is 1. The van der Waals surface area contributed by atoms with E-state index in [1.807, 2.05) is 29.2 Å². The number of fused-ring (bicyclic) bond motifs is 1. The molecule has 0 aromatic heterocycles. The summed E-state index contributed by atoms with van der Waals surface area (Å²) in [6, 6.07) is 7.08. The lowest BCUT2D eigenvalue weighted by molar-refractivity contribution is -0.137. The highest BCUT2D eigenvalue weighted by Gasteiger charge is 2.49. The van der Waals surface area contributed by atoms with E-state index in [0.717, 1.165) is 18.5 Å². The standard InChI is InChI=1S/C20H26N2O6S2/c1-2-3-10-28-15-7-4-6-14(11-15)22-16-12-30(26,27)13-17(16)29-20(22)21-18(23)8-5-9-19(24)25/h4,6-7,11,16-17H,2-3,5,8-10,12-13H2,1H3,(H,24,25). The van der Waals surface area contributed by atoms with Crippen molar-refractivity contribution in [2.45, 2.75) is 50.3 Å². The molecule has 1 N–H and O–H groups in total. The number of aliphatic carboxylic acids is 1. The van der Waals surface area contributed by atoms with E-state index in [0.29, 0.717) is 17.5 Å². The van der Waals surface area contributed by atoms with Gasteiger partial charge in [-0.25, -0.2) is 8.42 Å². The number of thioether (sulfide) groups is 1. The molecule has 1 aromatic carbocycles. The van der Waals surface area contributed by atoms with Crippen LogP contribution in [0.4, 0.5) is 5.69 Å². The van der Waals surface area contributed by atoms with E-state index in [1.165, 1.54) is 11.8 Å². The third kappa shape index (κ3) is 5.75. The highest BCUT2D eigenvalue weighted by Crippen LogP contribution is 2.41. The second-order valence-corrected chi connectivity index (χ2v) is 10.8. The number of anilines is 1. The number of sulfone groups is 1. The summed E-state index contributed by atoms with van der Waals surface area (Å²) in [5.74, 6) is -0.605. The third-order valence-corrected chi connectivity index (χ3v) is 8.14. The fraction of sp³-hybridized carbons (Fsp3) is 0.550. The number of hydrogen-bond donors (Lipinski definition) is 1. The minimum absolute atomic E-state index is 0.0117. The van der Waals surface area contributed by atoms with Crippen molar-refractivity contribution in [3.05, 3.63) is 24.3 Å². The first-order valence-electron chi connectivity index (χ1n) is 10.0. The predicted molar refractivity (Wildman–Crippen MR) is 117 cm³/mol. The van der Waals surface area contributed by atoms with Crippen molar-refractivity contribution >= 4 is 44.3 Å². The van der Waals surface area contributed by atoms with Gasteiger partial charge in [0.25, 0.3) is 0 Å². The van der Waals surface area contributed by atoms with Crippen LogP contribution in [0.25, 0.3) is 0 Å². The molecule has 3 rings (SSSR count). The average Bonchev–Trinajstić information content (AvgIpc) is 3.12. The van der Waals surface area contributed by atoms with Gasteiger partial charge >= 0.3 is 5.97 Å². The molecule has 1 aromatic rings. The summed E-state index contributed by atoms with van der Waals surface area (Å²) in [6.07, 6.45) is 2.12. The van der Waals surface area contributed by atoms with Gasteiger partial charge in [-0.3, -0.25) is 9.59 Å². The van der Waals surface area contributed by atoms with E-state index in [9.17, 15) is 18.0 Å². The Labute approximate surface area is 180 Å². The van der Waals surface area contributed by atoms with Gasteiger partial charge in [-0.05, 0) is 25.0 Å². The maximum atomic E-state index is 12.3. The van der Waals surface area contributed by atoms with Gasteiger partial charge in [-0.2, -0.15) is 4.99 Å². The SMILES string of the molecule is CCCCOc1cccc(N2C(=NC(=O)CCCC(=O)O)SC3CS(=O)(=O)CC32)c1. The maximum absolute atomic E-state index is 12.3. The highest BCUT2D eigenvalue weighted by molar-refractivity contribution is 8.16. The molecule has 2 aliphatic rings. The summed E-state index contributed by atoms with van der Waals surface area (Å²) in [6.45, 7) is 2.68. The number of carbonyl (C=O) groups is 2. The normalized spacial score (nSPS) is 23.5. The molecule has 2 aliphatic heterocycles. The quantitative estimate of drug-likeness (QED) is 0.567. The van der Waals surface area contributed by atoms with E-state index in [1.54, 1.807) is 0 Å². The zero-order valence-corrected chi connectivity index (χ0v) is 18.5. The number of nitrogens with zero attached hydrogens (tertiary/aromatic N) is 2. The van der Waals surface area contributed by atoms with Crippen LogP contribution in [-0.2, 0) is 19.4 Å². The molecule has 0 aliphatic carbocycles. The fourth-order valence-corrected chi connectivity index (χ4v) is 7.41. The van der Waals surface area contributed by atoms with Crippen molar-refractivity contribution in [3.63, 3.8) is 0 Å². The Morgan fingerprint density at radius 3 is 2.80 bits per heavy atom. The van der Waals surface area contributed by atoms with Crippen LogP contribution in [0.15, 0.2) is 29.3 Å². The fourth-order valence-electron chi connectivity index (χ4n) is 3.48. The molecule has 0 spiro atoms. The Morgan fingerprint density at radius 1 is 1.27 bits per heavy atom. The number of aliphatic imine (C=N–C) groups is 1. The third-order valence-electron chi connectivity index (χ3n) is 4.93. The monoisotopic (exact) mass is 454 g/mol. The molecule has 1 amide bonds. The Kier molecular flexibility index (Phi) is 7.41. The van der Waals surface area contributed by atoms with Crippen LogP contribution in [0.2, 0.25) is 0 Å². The molecule has 0 saturated carbocycles. The van der Waals surface area contributed by atoms with E-state index in [2.05, 4.69) is 11.9 Å². The van der Waals surface area contributed by atoms with Gasteiger partial charge in [0.05, 0.1) is 24.2 Å². The molecule has 10 heteroatoms. The largest absolute Gasteiger partial charge is 0.494 e. The van der Waals surface area contributed by atoms with E-state index in [4.69, 9.17) is 9.84 Å². The molecule has 0 bridgehead atoms. The topological polar surface area (TPSA) is 113 Å². The molecule has 2 fully saturated rings. The number of carboxylic acids is 1. The van der Waals surface area contributed by atoms with Crippen LogP contribution < -0.4 is 9.64 Å². The second kappa shape index (κ2) is 9.82. The molecule has 2 unspecified atom stereocenters. The molecule has 30 heavy (non-hydrogen) atoms. The number of unbranched alkanes of at least 4 members (excludes halogenated alkanes) is 1. The Morgan fingerprint density at radius 2 is 2.07 bits per heavy atom. The van der Waals surface area contributed by atoms with Gasteiger partial charge in [0.15, 0.2) is 15.0 Å². The number of carboxylic acid groups (broad SMARTS) is 1. The Bertz CT molecular complexity index is 931. The predicted octanol–water partition coefficient (Wildman–Crippen LogP) is 2.72. The number of hydrogen-bond acceptors (Lipinski definition) is 6. The molecule has 2 saturated heterocycles. The van der Waals surface area contributed by atoms with Crippen molar-refractivity contribution in [3.8, 4) is 5.75 Å². The first-order chi connectivity index (χ1) is 14.3. The lowest BCUT2D eigenvalue weighted by atomic mass is 10.2. The lowest BCUT2D eigenvalue weighted by Gasteiger charge is -2.25. The highest BCUT2D eigenvalue weighted by atomic mass is 32.2. The van der Waals surface area contributed by atoms with Gasteiger partial charge in [-0.15, -0.1) is 0 Å². The summed E-state index contributed by atoms with van der Waals surface area (Å²) in [7, 11) is -3.15. The van der Waals surface area contributed by atoms with Crippen molar-refractivity contribution in [1.29, 1.82) is 0 Å². The van der Waals surface area contributed by atoms with Gasteiger partial charge in [0.1, 0.15) is 5.75 Å². The number of ether oxygens (including phenoxy) is 1. The summed E-state index contributed by atoms with van der Waals surface area (Å²) < 4.78 is 30.1. The van der Waals surface area contributed by atoms with Crippen LogP contribution in [-0.4, -0.2) is 60.0 Å². The lowest BCUT2D eigenvalue weighted by Crippen LogP contribution is -2.37. The van der Waals surface area contributed by atoms with Crippen LogP contribution in [0.5, 0.6) is 5.75 Å². The van der Waals surface area contributed by atoms with E-state index in [-0.39, 0.29) is 42.1 Å². The number of amidine groups is 1. The minimum Gasteiger partial charge on any atom is -0.494 e. The number of carbonyl (C=O) groups excluding carboxylic acids is 1. The summed E-state index contributed by atoms with van der Waals surface area (Å²) >= 11 is 1.30. The van der Waals surface area contributed by atoms with E-state index >= 15 is 0 Å². The summed E-state index contributed by atoms with van der Waals surface area (Å²) in [4.78, 5) is 29.0. The van der Waals surface area contributed by atoms with Crippen molar-refractivity contribution in [1.82, 2.24) is 0 Å². The Hall–Kier alpha value is -2.07. The van der Waals surface area contributed by atoms with Crippen LogP contribution in [0, 0.1) is 0 Å². The maximum Gasteiger partial charge on any atom is 0.303 e. The zero-order chi connectivity index (χ0) is 21.7. The van der Waals surface area contributed by atoms with Crippen molar-refractivity contribution in [2.24, 2.45) is 4.99 Å².